The third kappa shape index (κ3) is 3.60. The lowest BCUT2D eigenvalue weighted by Crippen LogP contribution is -2.18. The van der Waals surface area contributed by atoms with Gasteiger partial charge in [0.1, 0.15) is 12.7 Å². The van der Waals surface area contributed by atoms with Crippen molar-refractivity contribution in [3.05, 3.63) is 12.7 Å². The third-order valence-corrected chi connectivity index (χ3v) is 2.24. The first-order valence-electron chi connectivity index (χ1n) is 6.06. The van der Waals surface area contributed by atoms with Gasteiger partial charge < -0.3 is 16.4 Å². The minimum absolute atomic E-state index is 0.195. The Kier molecular flexibility index (Phi) is 4.37. The molecule has 106 valence electrons. The number of amides is 1. The number of rotatable bonds is 7. The van der Waals surface area contributed by atoms with E-state index in [0.29, 0.717) is 30.9 Å². The van der Waals surface area contributed by atoms with Crippen molar-refractivity contribution in [1.82, 2.24) is 29.7 Å². The highest BCUT2D eigenvalue weighted by atomic mass is 16.1. The summed E-state index contributed by atoms with van der Waals surface area (Å²) in [5, 5.41) is 9.87. The van der Waals surface area contributed by atoms with Gasteiger partial charge in [-0.3, -0.25) is 4.79 Å². The van der Waals surface area contributed by atoms with Crippen molar-refractivity contribution in [2.24, 2.45) is 5.73 Å². The van der Waals surface area contributed by atoms with Crippen LogP contribution in [-0.4, -0.2) is 48.7 Å². The topological polar surface area (TPSA) is 137 Å². The Morgan fingerprint density at radius 3 is 2.65 bits per heavy atom. The maximum absolute atomic E-state index is 10.7. The van der Waals surface area contributed by atoms with Crippen LogP contribution in [0, 0.1) is 0 Å². The fourth-order valence-electron chi connectivity index (χ4n) is 1.39. The molecule has 0 atom stereocenters. The van der Waals surface area contributed by atoms with E-state index in [9.17, 15) is 4.79 Å². The molecule has 2 heterocycles. The molecule has 1 amide bonds. The van der Waals surface area contributed by atoms with Gasteiger partial charge in [-0.1, -0.05) is 0 Å². The summed E-state index contributed by atoms with van der Waals surface area (Å²) in [6, 6.07) is 0. The van der Waals surface area contributed by atoms with Crippen LogP contribution in [0.25, 0.3) is 5.95 Å². The second-order valence-electron chi connectivity index (χ2n) is 3.80. The summed E-state index contributed by atoms with van der Waals surface area (Å²) in [5.41, 5.74) is 5.07. The summed E-state index contributed by atoms with van der Waals surface area (Å²) >= 11 is 0. The van der Waals surface area contributed by atoms with Gasteiger partial charge in [-0.05, 0) is 6.92 Å². The van der Waals surface area contributed by atoms with Gasteiger partial charge in [-0.15, -0.1) is 0 Å². The van der Waals surface area contributed by atoms with Crippen molar-refractivity contribution in [2.45, 2.75) is 13.3 Å². The highest BCUT2D eigenvalue weighted by molar-refractivity contribution is 5.74. The average molecular weight is 277 g/mol. The molecule has 0 aromatic carbocycles. The predicted molar refractivity (Wildman–Crippen MR) is 71.2 cm³/mol. The van der Waals surface area contributed by atoms with Crippen molar-refractivity contribution >= 4 is 17.8 Å². The SMILES string of the molecule is CCNc1nc(NCCC(N)=O)nc(-n2cncn2)n1. The van der Waals surface area contributed by atoms with Gasteiger partial charge in [0.15, 0.2) is 0 Å². The van der Waals surface area contributed by atoms with Crippen molar-refractivity contribution in [2.75, 3.05) is 23.7 Å². The summed E-state index contributed by atoms with van der Waals surface area (Å²) in [7, 11) is 0. The Labute approximate surface area is 114 Å². The zero-order valence-electron chi connectivity index (χ0n) is 10.9. The number of nitrogens with one attached hydrogen (secondary N) is 2. The number of hydrogen-bond donors (Lipinski definition) is 3. The lowest BCUT2D eigenvalue weighted by molar-refractivity contribution is -0.117. The van der Waals surface area contributed by atoms with Crippen LogP contribution in [0.3, 0.4) is 0 Å². The molecule has 0 fully saturated rings. The molecule has 2 aromatic heterocycles. The highest BCUT2D eigenvalue weighted by Crippen LogP contribution is 2.08. The largest absolute Gasteiger partial charge is 0.370 e. The van der Waals surface area contributed by atoms with Crippen molar-refractivity contribution in [3.63, 3.8) is 0 Å². The Balaban J connectivity index is 2.19. The number of anilines is 2. The van der Waals surface area contributed by atoms with Gasteiger partial charge in [-0.2, -0.15) is 24.7 Å². The molecule has 0 saturated heterocycles. The fourth-order valence-corrected chi connectivity index (χ4v) is 1.39. The molecule has 0 aliphatic carbocycles. The smallest absolute Gasteiger partial charge is 0.258 e. The summed E-state index contributed by atoms with van der Waals surface area (Å²) in [6.07, 6.45) is 3.07. The molecule has 0 aliphatic rings. The van der Waals surface area contributed by atoms with Crippen molar-refractivity contribution in [1.29, 1.82) is 0 Å². The van der Waals surface area contributed by atoms with Crippen LogP contribution in [-0.2, 0) is 4.79 Å². The van der Waals surface area contributed by atoms with E-state index in [2.05, 4.69) is 35.7 Å². The quantitative estimate of drug-likeness (QED) is 0.596. The lowest BCUT2D eigenvalue weighted by atomic mass is 10.4. The van der Waals surface area contributed by atoms with Gasteiger partial charge in [0, 0.05) is 19.5 Å². The first-order chi connectivity index (χ1) is 9.69. The van der Waals surface area contributed by atoms with E-state index in [-0.39, 0.29) is 6.42 Å². The van der Waals surface area contributed by atoms with E-state index >= 15 is 0 Å². The first kappa shape index (κ1) is 13.6. The van der Waals surface area contributed by atoms with E-state index in [1.54, 1.807) is 0 Å². The molecule has 2 rings (SSSR count). The second kappa shape index (κ2) is 6.41. The molecule has 20 heavy (non-hydrogen) atoms. The van der Waals surface area contributed by atoms with Gasteiger partial charge in [0.25, 0.3) is 5.95 Å². The van der Waals surface area contributed by atoms with Crippen LogP contribution >= 0.6 is 0 Å². The maximum atomic E-state index is 10.7. The van der Waals surface area contributed by atoms with Gasteiger partial charge in [0.2, 0.25) is 17.8 Å². The summed E-state index contributed by atoms with van der Waals surface area (Å²) in [5.74, 6) is 0.683. The van der Waals surface area contributed by atoms with Crippen molar-refractivity contribution in [3.8, 4) is 5.95 Å². The van der Waals surface area contributed by atoms with E-state index < -0.39 is 5.91 Å². The predicted octanol–water partition coefficient (Wildman–Crippen LogP) is -0.829. The van der Waals surface area contributed by atoms with Crippen LogP contribution in [0.4, 0.5) is 11.9 Å². The third-order valence-electron chi connectivity index (χ3n) is 2.24. The number of carbonyl (C=O) groups is 1. The Hall–Kier alpha value is -2.78. The summed E-state index contributed by atoms with van der Waals surface area (Å²) in [4.78, 5) is 27.1. The van der Waals surface area contributed by atoms with E-state index in [0.717, 1.165) is 0 Å². The summed E-state index contributed by atoms with van der Waals surface area (Å²) < 4.78 is 1.42. The highest BCUT2D eigenvalue weighted by Gasteiger charge is 2.08. The Morgan fingerprint density at radius 1 is 1.30 bits per heavy atom. The van der Waals surface area contributed by atoms with Crippen LogP contribution in [0.5, 0.6) is 0 Å². The minimum atomic E-state index is -0.394. The fraction of sp³-hybridized carbons (Fsp3) is 0.400. The molecule has 2 aromatic rings. The number of nitrogens with zero attached hydrogens (tertiary/aromatic N) is 6. The molecule has 10 heteroatoms. The van der Waals surface area contributed by atoms with E-state index in [1.807, 2.05) is 6.92 Å². The van der Waals surface area contributed by atoms with Crippen LogP contribution in [0.15, 0.2) is 12.7 Å². The number of carbonyl (C=O) groups excluding carboxylic acids is 1. The number of primary amides is 1. The molecule has 0 aliphatic heterocycles. The molecule has 0 saturated carbocycles. The summed E-state index contributed by atoms with van der Waals surface area (Å²) in [6.45, 7) is 2.95. The monoisotopic (exact) mass is 277 g/mol. The molecular weight excluding hydrogens is 262 g/mol. The number of nitrogens with two attached hydrogens (primary N) is 1. The molecule has 0 unspecified atom stereocenters. The van der Waals surface area contributed by atoms with Gasteiger partial charge >= 0.3 is 0 Å². The number of hydrogen-bond acceptors (Lipinski definition) is 8. The van der Waals surface area contributed by atoms with Crippen LogP contribution < -0.4 is 16.4 Å². The van der Waals surface area contributed by atoms with Crippen molar-refractivity contribution < 1.29 is 4.79 Å². The Morgan fingerprint density at radius 2 is 2.05 bits per heavy atom. The second-order valence-corrected chi connectivity index (χ2v) is 3.80. The molecule has 4 N–H and O–H groups in total. The van der Waals surface area contributed by atoms with E-state index in [4.69, 9.17) is 5.73 Å². The molecule has 10 nitrogen and oxygen atoms in total. The zero-order chi connectivity index (χ0) is 14.4. The maximum Gasteiger partial charge on any atom is 0.258 e. The molecule has 0 spiro atoms. The minimum Gasteiger partial charge on any atom is -0.370 e. The lowest BCUT2D eigenvalue weighted by Gasteiger charge is -2.08. The Bertz CT molecular complexity index is 568. The average Bonchev–Trinajstić information content (AvgIpc) is 2.92. The number of aromatic nitrogens is 6. The van der Waals surface area contributed by atoms with Crippen LogP contribution in [0.2, 0.25) is 0 Å². The zero-order valence-corrected chi connectivity index (χ0v) is 10.9. The van der Waals surface area contributed by atoms with E-state index in [1.165, 1.54) is 17.3 Å². The van der Waals surface area contributed by atoms with Gasteiger partial charge in [0.05, 0.1) is 0 Å². The molecule has 0 bridgehead atoms. The molecule has 0 radical (unpaired) electrons. The normalized spacial score (nSPS) is 10.2. The molecular formula is C10H15N9O. The standard InChI is InChI=1S/C10H15N9O/c1-2-13-8-16-9(14-4-3-7(11)20)18-10(17-8)19-6-12-5-15-19/h5-6H,2-4H2,1H3,(H2,11,20)(H2,13,14,16,17,18). The van der Waals surface area contributed by atoms with Crippen LogP contribution in [0.1, 0.15) is 13.3 Å². The van der Waals surface area contributed by atoms with Gasteiger partial charge in [-0.25, -0.2) is 4.98 Å². The first-order valence-corrected chi connectivity index (χ1v) is 6.06.